The molecule has 29 heavy (non-hydrogen) atoms. The second kappa shape index (κ2) is 9.74. The zero-order chi connectivity index (χ0) is 20.6. The maximum absolute atomic E-state index is 12.3. The van der Waals surface area contributed by atoms with Crippen LogP contribution in [0.25, 0.3) is 0 Å². The molecule has 0 spiro atoms. The maximum atomic E-state index is 12.3. The number of benzene rings is 2. The molecule has 9 heteroatoms. The number of hydrogen-bond donors (Lipinski definition) is 2. The molecule has 2 aromatic carbocycles. The summed E-state index contributed by atoms with van der Waals surface area (Å²) in [6, 6.07) is 16.3. The Balaban J connectivity index is 1.58. The monoisotopic (exact) mass is 412 g/mol. The van der Waals surface area contributed by atoms with Crippen molar-refractivity contribution in [1.82, 2.24) is 14.8 Å². The van der Waals surface area contributed by atoms with Crippen LogP contribution in [0.5, 0.6) is 0 Å². The fourth-order valence-corrected chi connectivity index (χ4v) is 3.44. The Kier molecular flexibility index (Phi) is 6.85. The van der Waals surface area contributed by atoms with E-state index in [9.17, 15) is 14.4 Å². The fourth-order valence-electron chi connectivity index (χ4n) is 2.67. The van der Waals surface area contributed by atoms with Crippen LogP contribution in [-0.2, 0) is 22.5 Å². The number of aromatic amines is 1. The molecule has 1 heterocycles. The Labute approximate surface area is 171 Å². The molecular weight excluding hydrogens is 392 g/mol. The van der Waals surface area contributed by atoms with Crippen LogP contribution >= 0.6 is 11.8 Å². The number of carbonyl (C=O) groups excluding carboxylic acids is 2. The molecule has 0 aliphatic heterocycles. The van der Waals surface area contributed by atoms with Crippen LogP contribution in [0.15, 0.2) is 64.5 Å². The van der Waals surface area contributed by atoms with E-state index in [1.165, 1.54) is 11.7 Å². The SMILES string of the molecule is COC(=O)c1cccc(NC(=O)CSc2n[nH]c(=O)n2CCc2ccccc2)c1. The molecule has 0 atom stereocenters. The highest BCUT2D eigenvalue weighted by Gasteiger charge is 2.12. The van der Waals surface area contributed by atoms with E-state index >= 15 is 0 Å². The highest BCUT2D eigenvalue weighted by molar-refractivity contribution is 7.99. The first-order valence-corrected chi connectivity index (χ1v) is 9.85. The van der Waals surface area contributed by atoms with Gasteiger partial charge in [-0.25, -0.2) is 14.7 Å². The van der Waals surface area contributed by atoms with Crippen molar-refractivity contribution in [1.29, 1.82) is 0 Å². The summed E-state index contributed by atoms with van der Waals surface area (Å²) in [4.78, 5) is 35.9. The number of methoxy groups -OCH3 is 1. The Morgan fingerprint density at radius 1 is 1.17 bits per heavy atom. The topological polar surface area (TPSA) is 106 Å². The van der Waals surface area contributed by atoms with Gasteiger partial charge in [0.1, 0.15) is 0 Å². The van der Waals surface area contributed by atoms with Gasteiger partial charge in [0.05, 0.1) is 18.4 Å². The first kappa shape index (κ1) is 20.4. The fraction of sp³-hybridized carbons (Fsp3) is 0.200. The number of carbonyl (C=O) groups is 2. The van der Waals surface area contributed by atoms with Crippen LogP contribution in [0.3, 0.4) is 0 Å². The number of anilines is 1. The number of amides is 1. The van der Waals surface area contributed by atoms with Gasteiger partial charge in [0, 0.05) is 12.2 Å². The number of nitrogens with one attached hydrogen (secondary N) is 2. The quantitative estimate of drug-likeness (QED) is 0.434. The number of aromatic nitrogens is 3. The zero-order valence-corrected chi connectivity index (χ0v) is 16.6. The summed E-state index contributed by atoms with van der Waals surface area (Å²) in [7, 11) is 1.30. The van der Waals surface area contributed by atoms with Gasteiger partial charge >= 0.3 is 11.7 Å². The Morgan fingerprint density at radius 3 is 2.72 bits per heavy atom. The highest BCUT2D eigenvalue weighted by Crippen LogP contribution is 2.16. The molecule has 0 unspecified atom stereocenters. The smallest absolute Gasteiger partial charge is 0.343 e. The van der Waals surface area contributed by atoms with E-state index in [1.54, 1.807) is 24.3 Å². The number of H-pyrrole nitrogens is 1. The number of thioether (sulfide) groups is 1. The predicted octanol–water partition coefficient (Wildman–Crippen LogP) is 2.33. The summed E-state index contributed by atoms with van der Waals surface area (Å²) in [6.45, 7) is 0.463. The molecule has 0 fully saturated rings. The Hall–Kier alpha value is -3.33. The van der Waals surface area contributed by atoms with Crippen LogP contribution in [0.4, 0.5) is 5.69 Å². The van der Waals surface area contributed by atoms with Gasteiger partial charge < -0.3 is 10.1 Å². The van der Waals surface area contributed by atoms with Gasteiger partial charge in [-0.15, -0.1) is 5.10 Å². The molecule has 0 bridgehead atoms. The maximum Gasteiger partial charge on any atom is 0.343 e. The highest BCUT2D eigenvalue weighted by atomic mass is 32.2. The molecule has 2 N–H and O–H groups in total. The van der Waals surface area contributed by atoms with Gasteiger partial charge in [-0.3, -0.25) is 9.36 Å². The largest absolute Gasteiger partial charge is 0.465 e. The number of aryl methyl sites for hydroxylation is 1. The second-order valence-electron chi connectivity index (χ2n) is 6.11. The first-order chi connectivity index (χ1) is 14.1. The third-order valence-electron chi connectivity index (χ3n) is 4.09. The summed E-state index contributed by atoms with van der Waals surface area (Å²) in [5, 5.41) is 9.60. The second-order valence-corrected chi connectivity index (χ2v) is 7.05. The van der Waals surface area contributed by atoms with Crippen LogP contribution in [0.1, 0.15) is 15.9 Å². The van der Waals surface area contributed by atoms with E-state index in [4.69, 9.17) is 0 Å². The van der Waals surface area contributed by atoms with Crippen LogP contribution in [0.2, 0.25) is 0 Å². The van der Waals surface area contributed by atoms with Gasteiger partial charge in [0.2, 0.25) is 5.91 Å². The number of rotatable bonds is 8. The van der Waals surface area contributed by atoms with E-state index in [-0.39, 0.29) is 17.3 Å². The molecule has 3 rings (SSSR count). The van der Waals surface area contributed by atoms with E-state index in [2.05, 4.69) is 20.3 Å². The van der Waals surface area contributed by atoms with Crippen molar-refractivity contribution in [2.75, 3.05) is 18.2 Å². The molecule has 0 saturated heterocycles. The third kappa shape index (κ3) is 5.58. The van der Waals surface area contributed by atoms with Crippen molar-refractivity contribution < 1.29 is 14.3 Å². The molecular formula is C20H20N4O4S. The van der Waals surface area contributed by atoms with Crippen LogP contribution < -0.4 is 11.0 Å². The molecule has 3 aromatic rings. The Morgan fingerprint density at radius 2 is 1.97 bits per heavy atom. The van der Waals surface area contributed by atoms with Crippen molar-refractivity contribution in [2.45, 2.75) is 18.1 Å². The van der Waals surface area contributed by atoms with E-state index in [0.29, 0.717) is 29.4 Å². The molecule has 0 saturated carbocycles. The lowest BCUT2D eigenvalue weighted by molar-refractivity contribution is -0.113. The minimum absolute atomic E-state index is 0.0675. The third-order valence-corrected chi connectivity index (χ3v) is 5.07. The minimum Gasteiger partial charge on any atom is -0.465 e. The summed E-state index contributed by atoms with van der Waals surface area (Å²) in [5.41, 5.74) is 1.64. The minimum atomic E-state index is -0.477. The molecule has 0 radical (unpaired) electrons. The molecule has 0 aliphatic carbocycles. The van der Waals surface area contributed by atoms with Crippen LogP contribution in [0, 0.1) is 0 Å². The van der Waals surface area contributed by atoms with Crippen molar-refractivity contribution in [3.8, 4) is 0 Å². The molecule has 8 nitrogen and oxygen atoms in total. The first-order valence-electron chi connectivity index (χ1n) is 8.87. The van der Waals surface area contributed by atoms with Gasteiger partial charge in [0.15, 0.2) is 5.16 Å². The summed E-state index contributed by atoms with van der Waals surface area (Å²) in [6.07, 6.45) is 0.681. The standard InChI is InChI=1S/C20H20N4O4S/c1-28-18(26)15-8-5-9-16(12-15)21-17(25)13-29-20-23-22-19(27)24(20)11-10-14-6-3-2-4-7-14/h2-9,12H,10-11,13H2,1H3,(H,21,25)(H,22,27). The average Bonchev–Trinajstić information content (AvgIpc) is 3.10. The normalized spacial score (nSPS) is 10.5. The van der Waals surface area contributed by atoms with Crippen molar-refractivity contribution in [2.24, 2.45) is 0 Å². The number of nitrogens with zero attached hydrogens (tertiary/aromatic N) is 2. The van der Waals surface area contributed by atoms with Crippen LogP contribution in [-0.4, -0.2) is 39.5 Å². The lowest BCUT2D eigenvalue weighted by atomic mass is 10.1. The van der Waals surface area contributed by atoms with E-state index < -0.39 is 5.97 Å². The van der Waals surface area contributed by atoms with Gasteiger partial charge in [-0.2, -0.15) is 0 Å². The molecule has 0 aliphatic rings. The number of hydrogen-bond acceptors (Lipinski definition) is 6. The summed E-state index contributed by atoms with van der Waals surface area (Å²) in [5.74, 6) is -0.686. The molecule has 1 aromatic heterocycles. The lowest BCUT2D eigenvalue weighted by Gasteiger charge is -2.08. The number of esters is 1. The molecule has 150 valence electrons. The van der Waals surface area contributed by atoms with E-state index in [0.717, 1.165) is 17.3 Å². The van der Waals surface area contributed by atoms with Crippen molar-refractivity contribution >= 4 is 29.3 Å². The molecule has 1 amide bonds. The van der Waals surface area contributed by atoms with Gasteiger partial charge in [-0.05, 0) is 30.2 Å². The average molecular weight is 412 g/mol. The van der Waals surface area contributed by atoms with Crippen molar-refractivity contribution in [3.05, 3.63) is 76.2 Å². The van der Waals surface area contributed by atoms with Crippen molar-refractivity contribution in [3.63, 3.8) is 0 Å². The number of ether oxygens (including phenoxy) is 1. The summed E-state index contributed by atoms with van der Waals surface area (Å²) < 4.78 is 6.19. The van der Waals surface area contributed by atoms with Gasteiger partial charge in [0.25, 0.3) is 0 Å². The van der Waals surface area contributed by atoms with Gasteiger partial charge in [-0.1, -0.05) is 48.2 Å². The summed E-state index contributed by atoms with van der Waals surface area (Å²) >= 11 is 1.16. The van der Waals surface area contributed by atoms with E-state index in [1.807, 2.05) is 30.3 Å². The Bertz CT molecular complexity index is 1050. The predicted molar refractivity (Wildman–Crippen MR) is 110 cm³/mol. The zero-order valence-electron chi connectivity index (χ0n) is 15.8. The lowest BCUT2D eigenvalue weighted by Crippen LogP contribution is -2.20.